The summed E-state index contributed by atoms with van der Waals surface area (Å²) in [6.45, 7) is 9.14. The highest BCUT2D eigenvalue weighted by atomic mass is 35.5. The van der Waals surface area contributed by atoms with Crippen LogP contribution in [0.1, 0.15) is 77.7 Å². The highest BCUT2D eigenvalue weighted by Gasteiger charge is 2.48. The van der Waals surface area contributed by atoms with Gasteiger partial charge in [0, 0.05) is 17.3 Å². The summed E-state index contributed by atoms with van der Waals surface area (Å²) in [4.78, 5) is 35.9. The summed E-state index contributed by atoms with van der Waals surface area (Å²) >= 11 is 6.30. The zero-order valence-electron chi connectivity index (χ0n) is 29.2. The third kappa shape index (κ3) is 10.1. The molecule has 0 spiro atoms. The Morgan fingerprint density at radius 3 is 2.24 bits per heavy atom. The molecule has 4 rings (SSSR count). The molecule has 2 heterocycles. The number of carbonyl (C=O) groups is 2. The maximum Gasteiger partial charge on any atom is 0.407 e. The van der Waals surface area contributed by atoms with Crippen LogP contribution >= 0.6 is 11.6 Å². The lowest BCUT2D eigenvalue weighted by Gasteiger charge is -2.31. The molecule has 0 aliphatic carbocycles. The molecule has 1 aliphatic rings. The van der Waals surface area contributed by atoms with Crippen molar-refractivity contribution in [2.45, 2.75) is 78.6 Å². The number of rotatable bonds is 11. The smallest absolute Gasteiger partial charge is 0.407 e. The van der Waals surface area contributed by atoms with Crippen molar-refractivity contribution in [2.75, 3.05) is 6.61 Å². The second kappa shape index (κ2) is 15.9. The standard InChI is InChI=1S/C29H30ClF4N9O3.C5H12/c1-28(2,23(31)32)41-27(45)46-13-21(16-6-9-20(30)19(10-16)22(36)38-14-35)43-24(44)29(3,40-26(43)37)18-7-4-15(5-8-18)17-11-39-42(12-17)25(33)34;1-5(2,3)4/h4-12,14,21,23,25H,13H2,1-3H3,(H2,37,40)(H,41,45)(H3,35,36,38);1-4H3/t21-,29-;/m1./s1. The van der Waals surface area contributed by atoms with Gasteiger partial charge < -0.3 is 21.5 Å². The first-order valence-corrected chi connectivity index (χ1v) is 15.9. The van der Waals surface area contributed by atoms with Gasteiger partial charge in [-0.05, 0) is 55.0 Å². The molecule has 0 saturated carbocycles. The first-order chi connectivity index (χ1) is 23.6. The molecule has 12 nitrogen and oxygen atoms in total. The van der Waals surface area contributed by atoms with Crippen LogP contribution in [0.15, 0.2) is 64.8 Å². The van der Waals surface area contributed by atoms with Crippen LogP contribution in [0.4, 0.5) is 22.4 Å². The third-order valence-corrected chi connectivity index (χ3v) is 7.64. The minimum Gasteiger partial charge on any atom is -0.447 e. The number of nitrogens with one attached hydrogen (secondary N) is 2. The van der Waals surface area contributed by atoms with Gasteiger partial charge in [0.05, 0.1) is 22.8 Å². The van der Waals surface area contributed by atoms with Crippen molar-refractivity contribution in [3.63, 3.8) is 0 Å². The summed E-state index contributed by atoms with van der Waals surface area (Å²) in [7, 11) is 0. The molecule has 2 aromatic carbocycles. The molecule has 17 heteroatoms. The van der Waals surface area contributed by atoms with E-state index in [-0.39, 0.29) is 22.4 Å². The number of halogens is 5. The molecule has 2 amide bonds. The Hall–Kier alpha value is -4.99. The molecule has 0 bridgehead atoms. The molecule has 51 heavy (non-hydrogen) atoms. The largest absolute Gasteiger partial charge is 0.447 e. The van der Waals surface area contributed by atoms with Crippen LogP contribution in [-0.4, -0.2) is 63.4 Å². The van der Waals surface area contributed by atoms with E-state index in [1.165, 1.54) is 37.5 Å². The number of nitrogens with zero attached hydrogens (tertiary/aromatic N) is 5. The van der Waals surface area contributed by atoms with Gasteiger partial charge in [-0.15, -0.1) is 0 Å². The fourth-order valence-electron chi connectivity index (χ4n) is 4.65. The van der Waals surface area contributed by atoms with Gasteiger partial charge in [-0.2, -0.15) is 13.9 Å². The van der Waals surface area contributed by atoms with Crippen LogP contribution in [0.2, 0.25) is 5.02 Å². The zero-order valence-corrected chi connectivity index (χ0v) is 30.0. The summed E-state index contributed by atoms with van der Waals surface area (Å²) in [6, 6.07) is 9.69. The van der Waals surface area contributed by atoms with Crippen molar-refractivity contribution < 1.29 is 31.9 Å². The van der Waals surface area contributed by atoms with E-state index >= 15 is 0 Å². The van der Waals surface area contributed by atoms with Gasteiger partial charge in [0.25, 0.3) is 12.3 Å². The average molecular weight is 736 g/mol. The number of carbonyl (C=O) groups excluding carboxylic acids is 2. The summed E-state index contributed by atoms with van der Waals surface area (Å²) in [5.41, 5.74) is 11.2. The molecule has 0 unspecified atom stereocenters. The molecule has 6 N–H and O–H groups in total. The van der Waals surface area contributed by atoms with E-state index in [0.29, 0.717) is 38.7 Å². The number of amidine groups is 1. The number of aromatic nitrogens is 2. The minimum atomic E-state index is -2.90. The normalized spacial score (nSPS) is 17.2. The van der Waals surface area contributed by atoms with Crippen molar-refractivity contribution in [2.24, 2.45) is 26.9 Å². The number of alkyl halides is 4. The second-order valence-corrected chi connectivity index (χ2v) is 14.3. The van der Waals surface area contributed by atoms with Gasteiger partial charge in [-0.1, -0.05) is 69.6 Å². The van der Waals surface area contributed by atoms with E-state index in [9.17, 15) is 27.2 Å². The van der Waals surface area contributed by atoms with Crippen LogP contribution in [0.25, 0.3) is 11.1 Å². The lowest BCUT2D eigenvalue weighted by atomic mass is 9.90. The Morgan fingerprint density at radius 1 is 1.10 bits per heavy atom. The minimum absolute atomic E-state index is 0.114. The Morgan fingerprint density at radius 2 is 1.71 bits per heavy atom. The predicted octanol–water partition coefficient (Wildman–Crippen LogP) is 6.85. The van der Waals surface area contributed by atoms with E-state index in [2.05, 4.69) is 48.1 Å². The van der Waals surface area contributed by atoms with Crippen LogP contribution in [0.3, 0.4) is 0 Å². The number of nitrogens with two attached hydrogens (primary N) is 2. The quantitative estimate of drug-likeness (QED) is 0.0951. The SMILES string of the molecule is CC(C)(C)C.CC(C)(NC(=O)OC[C@H](c1ccc(Cl)c(C(N)=NC=N)c1)N1C(=O)[C@@](C)(c2ccc(-c3cnn(C(F)F)c3)cc2)N=C1N)C(F)F. The Kier molecular flexibility index (Phi) is 12.6. The maximum atomic E-state index is 14.1. The van der Waals surface area contributed by atoms with Crippen molar-refractivity contribution in [3.05, 3.63) is 76.6 Å². The monoisotopic (exact) mass is 735 g/mol. The molecule has 2 atom stereocenters. The molecule has 0 saturated heterocycles. The fourth-order valence-corrected chi connectivity index (χ4v) is 4.87. The van der Waals surface area contributed by atoms with Crippen molar-refractivity contribution in [1.29, 1.82) is 5.41 Å². The number of hydrogen-bond donors (Lipinski definition) is 4. The van der Waals surface area contributed by atoms with Crippen molar-refractivity contribution in [1.82, 2.24) is 20.0 Å². The van der Waals surface area contributed by atoms with Crippen molar-refractivity contribution in [3.8, 4) is 11.1 Å². The van der Waals surface area contributed by atoms with E-state index in [1.54, 1.807) is 24.3 Å². The van der Waals surface area contributed by atoms with Crippen LogP contribution < -0.4 is 16.8 Å². The van der Waals surface area contributed by atoms with Gasteiger partial charge in [-0.3, -0.25) is 15.1 Å². The van der Waals surface area contributed by atoms with Crippen LogP contribution in [0.5, 0.6) is 0 Å². The Labute approximate surface area is 298 Å². The first kappa shape index (κ1) is 40.4. The van der Waals surface area contributed by atoms with Crippen molar-refractivity contribution >= 4 is 41.7 Å². The fraction of sp³-hybridized carbons (Fsp3) is 0.412. The third-order valence-electron chi connectivity index (χ3n) is 7.31. The predicted molar refractivity (Wildman–Crippen MR) is 188 cm³/mol. The van der Waals surface area contributed by atoms with E-state index in [1.807, 2.05) is 0 Å². The summed E-state index contributed by atoms with van der Waals surface area (Å²) in [5, 5.41) is 13.1. The highest BCUT2D eigenvalue weighted by Crippen LogP contribution is 2.38. The number of benzene rings is 2. The van der Waals surface area contributed by atoms with Crippen LogP contribution in [-0.2, 0) is 15.1 Å². The number of ether oxygens (including phenoxy) is 1. The van der Waals surface area contributed by atoms with Gasteiger partial charge in [0.15, 0.2) is 11.5 Å². The zero-order chi connectivity index (χ0) is 38.5. The van der Waals surface area contributed by atoms with Gasteiger partial charge >= 0.3 is 12.6 Å². The van der Waals surface area contributed by atoms with Crippen LogP contribution in [0, 0.1) is 10.8 Å². The lowest BCUT2D eigenvalue weighted by molar-refractivity contribution is -0.133. The first-order valence-electron chi connectivity index (χ1n) is 15.6. The molecule has 1 aromatic heterocycles. The molecular weight excluding hydrogens is 694 g/mol. The molecule has 0 radical (unpaired) electrons. The van der Waals surface area contributed by atoms with E-state index in [4.69, 9.17) is 33.2 Å². The summed E-state index contributed by atoms with van der Waals surface area (Å²) in [5.74, 6) is -0.978. The number of alkyl carbamates (subject to hydrolysis) is 1. The summed E-state index contributed by atoms with van der Waals surface area (Å²) < 4.78 is 58.5. The topological polar surface area (TPSA) is 177 Å². The number of guanidine groups is 1. The van der Waals surface area contributed by atoms with Gasteiger partial charge in [0.1, 0.15) is 18.8 Å². The maximum absolute atomic E-state index is 14.1. The Bertz CT molecular complexity index is 1780. The molecule has 0 fully saturated rings. The number of aliphatic imine (C=N–C) groups is 2. The van der Waals surface area contributed by atoms with Gasteiger partial charge in [-0.25, -0.2) is 28.2 Å². The van der Waals surface area contributed by atoms with E-state index < -0.39 is 48.7 Å². The second-order valence-electron chi connectivity index (χ2n) is 13.9. The highest BCUT2D eigenvalue weighted by molar-refractivity contribution is 6.34. The molecule has 3 aromatic rings. The summed E-state index contributed by atoms with van der Waals surface area (Å²) in [6.07, 6.45) is -0.899. The number of amides is 2. The Balaban J connectivity index is 0.00000131. The average Bonchev–Trinajstić information content (AvgIpc) is 3.61. The van der Waals surface area contributed by atoms with E-state index in [0.717, 1.165) is 18.7 Å². The molecule has 276 valence electrons. The number of hydrogen-bond acceptors (Lipinski definition) is 7. The van der Waals surface area contributed by atoms with Gasteiger partial charge in [0.2, 0.25) is 0 Å². The lowest BCUT2D eigenvalue weighted by Crippen LogP contribution is -2.50. The molecular formula is C34H42ClF4N9O3. The molecule has 1 aliphatic heterocycles.